The largest absolute Gasteiger partial charge is 0.384 e. The van der Waals surface area contributed by atoms with Crippen LogP contribution in [-0.4, -0.2) is 35.1 Å². The summed E-state index contributed by atoms with van der Waals surface area (Å²) in [5, 5.41) is 16.3. The third kappa shape index (κ3) is 3.54. The van der Waals surface area contributed by atoms with Crippen LogP contribution in [0.2, 0.25) is 0 Å². The number of nitrogens with zero attached hydrogens (tertiary/aromatic N) is 2. The van der Waals surface area contributed by atoms with Crippen LogP contribution < -0.4 is 10.2 Å². The van der Waals surface area contributed by atoms with E-state index in [2.05, 4.69) is 15.2 Å². The fourth-order valence-electron chi connectivity index (χ4n) is 2.90. The van der Waals surface area contributed by atoms with E-state index in [1.165, 1.54) is 0 Å². The van der Waals surface area contributed by atoms with Crippen molar-refractivity contribution >= 4 is 22.4 Å². The van der Waals surface area contributed by atoms with E-state index < -0.39 is 5.60 Å². The van der Waals surface area contributed by atoms with Crippen LogP contribution in [0.15, 0.2) is 41.9 Å². The molecule has 2 aromatic rings. The van der Waals surface area contributed by atoms with Crippen LogP contribution >= 0.6 is 11.3 Å². The average Bonchev–Trinajstić information content (AvgIpc) is 3.24. The number of hydrogen-bond donors (Lipinski definition) is 2. The van der Waals surface area contributed by atoms with Gasteiger partial charge in [-0.25, -0.2) is 4.98 Å². The molecule has 0 unspecified atom stereocenters. The molecule has 1 fully saturated rings. The van der Waals surface area contributed by atoms with E-state index in [0.717, 1.165) is 30.1 Å². The summed E-state index contributed by atoms with van der Waals surface area (Å²) in [5.41, 5.74) is -0.287. The fourth-order valence-corrected chi connectivity index (χ4v) is 3.62. The summed E-state index contributed by atoms with van der Waals surface area (Å²) in [6.45, 7) is 2.76. The van der Waals surface area contributed by atoms with Crippen LogP contribution in [-0.2, 0) is 10.4 Å². The summed E-state index contributed by atoms with van der Waals surface area (Å²) in [6, 6.07) is 9.20. The van der Waals surface area contributed by atoms with Crippen LogP contribution in [0.1, 0.15) is 25.3 Å². The molecule has 1 amide bonds. The molecule has 0 aliphatic carbocycles. The van der Waals surface area contributed by atoms with Gasteiger partial charge in [0.15, 0.2) is 5.13 Å². The van der Waals surface area contributed by atoms with Crippen molar-refractivity contribution in [3.05, 3.63) is 47.5 Å². The first-order valence-corrected chi connectivity index (χ1v) is 8.68. The Morgan fingerprint density at radius 3 is 2.96 bits per heavy atom. The number of carbonyl (C=O) groups excluding carboxylic acids is 1. The smallest absolute Gasteiger partial charge is 0.242 e. The molecule has 23 heavy (non-hydrogen) atoms. The molecule has 1 aromatic heterocycles. The topological polar surface area (TPSA) is 65.5 Å². The molecule has 1 aliphatic rings. The predicted octanol–water partition coefficient (Wildman–Crippen LogP) is 2.14. The maximum Gasteiger partial charge on any atom is 0.242 e. The van der Waals surface area contributed by atoms with Crippen molar-refractivity contribution in [1.82, 2.24) is 10.3 Å². The second-order valence-electron chi connectivity index (χ2n) is 6.02. The van der Waals surface area contributed by atoms with Gasteiger partial charge >= 0.3 is 0 Å². The monoisotopic (exact) mass is 331 g/mol. The van der Waals surface area contributed by atoms with Crippen molar-refractivity contribution in [3.8, 4) is 0 Å². The molecule has 0 bridgehead atoms. The number of aliphatic hydroxyl groups is 1. The Morgan fingerprint density at radius 1 is 1.48 bits per heavy atom. The van der Waals surface area contributed by atoms with Crippen molar-refractivity contribution in [1.29, 1.82) is 0 Å². The molecule has 6 heteroatoms. The van der Waals surface area contributed by atoms with Crippen molar-refractivity contribution in [2.24, 2.45) is 0 Å². The van der Waals surface area contributed by atoms with Gasteiger partial charge in [-0.3, -0.25) is 4.79 Å². The zero-order valence-corrected chi connectivity index (χ0v) is 13.9. The summed E-state index contributed by atoms with van der Waals surface area (Å²) >= 11 is 1.55. The van der Waals surface area contributed by atoms with E-state index in [0.29, 0.717) is 0 Å². The maximum absolute atomic E-state index is 12.5. The molecule has 3 rings (SSSR count). The van der Waals surface area contributed by atoms with Crippen LogP contribution in [0.3, 0.4) is 0 Å². The number of carbonyl (C=O) groups is 1. The van der Waals surface area contributed by atoms with E-state index >= 15 is 0 Å². The summed E-state index contributed by atoms with van der Waals surface area (Å²) in [4.78, 5) is 18.9. The molecule has 1 aromatic carbocycles. The number of benzene rings is 1. The lowest BCUT2D eigenvalue weighted by atomic mass is 9.96. The molecule has 0 spiro atoms. The average molecular weight is 331 g/mol. The van der Waals surface area contributed by atoms with Gasteiger partial charge in [-0.2, -0.15) is 0 Å². The van der Waals surface area contributed by atoms with Gasteiger partial charge in [-0.15, -0.1) is 11.3 Å². The van der Waals surface area contributed by atoms with Gasteiger partial charge in [-0.1, -0.05) is 30.3 Å². The third-order valence-electron chi connectivity index (χ3n) is 4.22. The fraction of sp³-hybridized carbons (Fsp3) is 0.412. The highest BCUT2D eigenvalue weighted by Crippen LogP contribution is 2.27. The minimum Gasteiger partial charge on any atom is -0.384 e. The first kappa shape index (κ1) is 16.0. The Kier molecular flexibility index (Phi) is 4.63. The highest BCUT2D eigenvalue weighted by atomic mass is 32.1. The standard InChI is InChI=1S/C17H21N3O2S/c1-17(22,13-6-3-2-4-7-13)12-19-15(21)14-8-5-10-20(14)16-18-9-11-23-16/h2-4,6-7,9,11,14,22H,5,8,10,12H2,1H3,(H,19,21)/t14-,17+/m0/s1. The SMILES string of the molecule is C[C@@](O)(CNC(=O)[C@@H]1CCCN1c1nccs1)c1ccccc1. The summed E-state index contributed by atoms with van der Waals surface area (Å²) in [5.74, 6) is -0.0473. The lowest BCUT2D eigenvalue weighted by Gasteiger charge is -2.27. The number of rotatable bonds is 5. The highest BCUT2D eigenvalue weighted by molar-refractivity contribution is 7.13. The number of hydrogen-bond acceptors (Lipinski definition) is 5. The second-order valence-corrected chi connectivity index (χ2v) is 6.90. The first-order chi connectivity index (χ1) is 11.1. The van der Waals surface area contributed by atoms with Crippen molar-refractivity contribution in [2.45, 2.75) is 31.4 Å². The van der Waals surface area contributed by atoms with Gasteiger partial charge in [0.05, 0.1) is 6.54 Å². The third-order valence-corrected chi connectivity index (χ3v) is 5.03. The van der Waals surface area contributed by atoms with Gasteiger partial charge in [0, 0.05) is 18.1 Å². The van der Waals surface area contributed by atoms with Gasteiger partial charge < -0.3 is 15.3 Å². The van der Waals surface area contributed by atoms with Gasteiger partial charge in [0.1, 0.15) is 11.6 Å². The summed E-state index contributed by atoms with van der Waals surface area (Å²) in [7, 11) is 0. The van der Waals surface area contributed by atoms with Gasteiger partial charge in [0.25, 0.3) is 0 Å². The zero-order chi connectivity index (χ0) is 16.3. The Labute approximate surface area is 140 Å². The molecule has 122 valence electrons. The summed E-state index contributed by atoms with van der Waals surface area (Å²) in [6.07, 6.45) is 3.55. The predicted molar refractivity (Wildman–Crippen MR) is 91.5 cm³/mol. The zero-order valence-electron chi connectivity index (χ0n) is 13.1. The van der Waals surface area contributed by atoms with Crippen LogP contribution in [0, 0.1) is 0 Å². The van der Waals surface area contributed by atoms with Crippen LogP contribution in [0.5, 0.6) is 0 Å². The molecular formula is C17H21N3O2S. The molecule has 0 radical (unpaired) electrons. The van der Waals surface area contributed by atoms with E-state index in [1.807, 2.05) is 35.7 Å². The van der Waals surface area contributed by atoms with E-state index in [9.17, 15) is 9.90 Å². The van der Waals surface area contributed by atoms with Crippen molar-refractivity contribution in [2.75, 3.05) is 18.0 Å². The van der Waals surface area contributed by atoms with Crippen molar-refractivity contribution in [3.63, 3.8) is 0 Å². The van der Waals surface area contributed by atoms with Gasteiger partial charge in [0.2, 0.25) is 5.91 Å². The minimum atomic E-state index is -1.08. The molecule has 2 N–H and O–H groups in total. The van der Waals surface area contributed by atoms with E-state index in [-0.39, 0.29) is 18.5 Å². The van der Waals surface area contributed by atoms with Crippen molar-refractivity contribution < 1.29 is 9.90 Å². The van der Waals surface area contributed by atoms with E-state index in [4.69, 9.17) is 0 Å². The Morgan fingerprint density at radius 2 is 2.26 bits per heavy atom. The van der Waals surface area contributed by atoms with Crippen LogP contribution in [0.4, 0.5) is 5.13 Å². The maximum atomic E-state index is 12.5. The number of thiazole rings is 1. The molecule has 2 heterocycles. The molecule has 5 nitrogen and oxygen atoms in total. The Hall–Kier alpha value is -1.92. The number of aromatic nitrogens is 1. The number of nitrogens with one attached hydrogen (secondary N) is 1. The molecule has 1 saturated heterocycles. The quantitative estimate of drug-likeness (QED) is 0.881. The molecular weight excluding hydrogens is 310 g/mol. The van der Waals surface area contributed by atoms with Gasteiger partial charge in [-0.05, 0) is 25.3 Å². The first-order valence-electron chi connectivity index (χ1n) is 7.80. The summed E-state index contributed by atoms with van der Waals surface area (Å²) < 4.78 is 0. The molecule has 2 atom stereocenters. The Bertz CT molecular complexity index is 643. The highest BCUT2D eigenvalue weighted by Gasteiger charge is 2.33. The number of anilines is 1. The minimum absolute atomic E-state index is 0.0473. The Balaban J connectivity index is 1.63. The van der Waals surface area contributed by atoms with E-state index in [1.54, 1.807) is 24.5 Å². The lowest BCUT2D eigenvalue weighted by Crippen LogP contribution is -2.47. The van der Waals surface area contributed by atoms with Crippen LogP contribution in [0.25, 0.3) is 0 Å². The second kappa shape index (κ2) is 6.68. The lowest BCUT2D eigenvalue weighted by molar-refractivity contribution is -0.123. The normalized spacial score (nSPS) is 20.3. The molecule has 1 aliphatic heterocycles. The molecule has 0 saturated carbocycles. The number of amides is 1.